The summed E-state index contributed by atoms with van der Waals surface area (Å²) >= 11 is 0. The van der Waals surface area contributed by atoms with Crippen LogP contribution in [-0.4, -0.2) is 18.4 Å². The molecule has 0 aliphatic rings. The molecule has 2 aromatic carbocycles. The molecule has 0 unspecified atom stereocenters. The highest BCUT2D eigenvalue weighted by Gasteiger charge is 2.14. The second-order valence-corrected chi connectivity index (χ2v) is 4.29. The molecule has 2 amide bonds. The summed E-state index contributed by atoms with van der Waals surface area (Å²) in [4.78, 5) is 22.9. The van der Waals surface area contributed by atoms with Crippen molar-refractivity contribution >= 4 is 17.5 Å². The van der Waals surface area contributed by atoms with Crippen LogP contribution in [0.25, 0.3) is 0 Å². The van der Waals surface area contributed by atoms with Crippen LogP contribution >= 0.6 is 0 Å². The van der Waals surface area contributed by atoms with Gasteiger partial charge in [-0.15, -0.1) is 0 Å². The fraction of sp³-hybridized carbons (Fsp3) is 0.0667. The van der Waals surface area contributed by atoms with Crippen molar-refractivity contribution in [3.8, 4) is 5.75 Å². The molecule has 22 heavy (non-hydrogen) atoms. The Kier molecular flexibility index (Phi) is 4.67. The van der Waals surface area contributed by atoms with Gasteiger partial charge in [-0.1, -0.05) is 18.2 Å². The van der Waals surface area contributed by atoms with Gasteiger partial charge in [0.1, 0.15) is 23.1 Å². The number of carbonyl (C=O) groups is 2. The summed E-state index contributed by atoms with van der Waals surface area (Å²) in [5, 5.41) is 2.07. The number of nitrogens with two attached hydrogens (primary N) is 1. The molecule has 0 fully saturated rings. The number of benzene rings is 2. The zero-order chi connectivity index (χ0) is 16.1. The molecule has 0 aliphatic heterocycles. The monoisotopic (exact) mass is 306 g/mol. The van der Waals surface area contributed by atoms with Crippen molar-refractivity contribution < 1.29 is 23.1 Å². The first-order valence-corrected chi connectivity index (χ1v) is 6.24. The van der Waals surface area contributed by atoms with Gasteiger partial charge in [0.2, 0.25) is 0 Å². The number of hydrogen-bond acceptors (Lipinski definition) is 3. The third kappa shape index (κ3) is 3.57. The minimum atomic E-state index is -0.897. The van der Waals surface area contributed by atoms with Gasteiger partial charge >= 0.3 is 0 Å². The second-order valence-electron chi connectivity index (χ2n) is 4.29. The molecule has 114 valence electrons. The maximum absolute atomic E-state index is 13.4. The molecular weight excluding hydrogens is 294 g/mol. The van der Waals surface area contributed by atoms with E-state index in [4.69, 9.17) is 10.5 Å². The molecule has 0 radical (unpaired) electrons. The largest absolute Gasteiger partial charge is 0.483 e. The molecule has 5 nitrogen and oxygen atoms in total. The van der Waals surface area contributed by atoms with Gasteiger partial charge in [0.05, 0.1) is 5.56 Å². The lowest BCUT2D eigenvalue weighted by Crippen LogP contribution is -2.22. The van der Waals surface area contributed by atoms with Crippen LogP contribution in [0.5, 0.6) is 5.75 Å². The van der Waals surface area contributed by atoms with Crippen LogP contribution < -0.4 is 15.8 Å². The molecule has 2 aromatic rings. The number of ether oxygens (including phenoxy) is 1. The fourth-order valence-corrected chi connectivity index (χ4v) is 1.73. The summed E-state index contributed by atoms with van der Waals surface area (Å²) in [6, 6.07) is 9.28. The Labute approximate surface area is 124 Å². The Balaban J connectivity index is 2.04. The van der Waals surface area contributed by atoms with E-state index in [0.29, 0.717) is 0 Å². The second kappa shape index (κ2) is 6.66. The van der Waals surface area contributed by atoms with Crippen LogP contribution in [0.15, 0.2) is 42.5 Å². The molecule has 3 N–H and O–H groups in total. The highest BCUT2D eigenvalue weighted by Crippen LogP contribution is 2.19. The number of para-hydroxylation sites is 2. The van der Waals surface area contributed by atoms with Crippen molar-refractivity contribution in [2.45, 2.75) is 0 Å². The van der Waals surface area contributed by atoms with Gasteiger partial charge in [0, 0.05) is 0 Å². The third-order valence-corrected chi connectivity index (χ3v) is 2.74. The first kappa shape index (κ1) is 15.4. The lowest BCUT2D eigenvalue weighted by Gasteiger charge is -2.10. The molecule has 0 saturated heterocycles. The van der Waals surface area contributed by atoms with Crippen LogP contribution in [-0.2, 0) is 4.79 Å². The van der Waals surface area contributed by atoms with Gasteiger partial charge in [0.25, 0.3) is 11.8 Å². The summed E-state index contributed by atoms with van der Waals surface area (Å²) in [6.45, 7) is -0.530. The topological polar surface area (TPSA) is 81.4 Å². The number of nitrogens with one attached hydrogen (secondary N) is 1. The van der Waals surface area contributed by atoms with Crippen LogP contribution in [0, 0.1) is 11.6 Å². The van der Waals surface area contributed by atoms with E-state index in [0.717, 1.165) is 12.1 Å². The first-order valence-electron chi connectivity index (χ1n) is 6.24. The predicted molar refractivity (Wildman–Crippen MR) is 75.4 cm³/mol. The van der Waals surface area contributed by atoms with Crippen molar-refractivity contribution in [1.29, 1.82) is 0 Å². The maximum Gasteiger partial charge on any atom is 0.262 e. The fourth-order valence-electron chi connectivity index (χ4n) is 1.73. The molecule has 0 aliphatic carbocycles. The van der Waals surface area contributed by atoms with E-state index in [2.05, 4.69) is 5.32 Å². The number of halogens is 2. The summed E-state index contributed by atoms with van der Waals surface area (Å²) < 4.78 is 31.9. The van der Waals surface area contributed by atoms with Crippen molar-refractivity contribution in [3.63, 3.8) is 0 Å². The summed E-state index contributed by atoms with van der Waals surface area (Å²) in [7, 11) is 0. The Morgan fingerprint density at radius 1 is 1.05 bits per heavy atom. The molecule has 0 atom stereocenters. The van der Waals surface area contributed by atoms with Crippen LogP contribution in [0.1, 0.15) is 10.4 Å². The Hall–Kier alpha value is -2.96. The van der Waals surface area contributed by atoms with E-state index in [-0.39, 0.29) is 11.3 Å². The molecule has 0 spiro atoms. The third-order valence-electron chi connectivity index (χ3n) is 2.74. The quantitative estimate of drug-likeness (QED) is 0.887. The average Bonchev–Trinajstić information content (AvgIpc) is 2.49. The average molecular weight is 306 g/mol. The number of primary amides is 1. The molecular formula is C15H12F2N2O3. The van der Waals surface area contributed by atoms with Gasteiger partial charge in [-0.25, -0.2) is 8.78 Å². The van der Waals surface area contributed by atoms with E-state index >= 15 is 0 Å². The Morgan fingerprint density at radius 3 is 2.32 bits per heavy atom. The highest BCUT2D eigenvalue weighted by molar-refractivity contribution is 5.96. The van der Waals surface area contributed by atoms with Crippen LogP contribution in [0.2, 0.25) is 0 Å². The number of anilines is 1. The van der Waals surface area contributed by atoms with E-state index in [1.54, 1.807) is 12.1 Å². The van der Waals surface area contributed by atoms with Gasteiger partial charge in [-0.2, -0.15) is 0 Å². The Morgan fingerprint density at radius 2 is 1.68 bits per heavy atom. The van der Waals surface area contributed by atoms with Gasteiger partial charge < -0.3 is 15.8 Å². The number of hydrogen-bond donors (Lipinski definition) is 2. The Bertz CT molecular complexity index is 699. The predicted octanol–water partition coefficient (Wildman–Crippen LogP) is 2.08. The smallest absolute Gasteiger partial charge is 0.262 e. The van der Waals surface area contributed by atoms with E-state index in [1.807, 2.05) is 0 Å². The number of amides is 2. The van der Waals surface area contributed by atoms with E-state index in [9.17, 15) is 18.4 Å². The number of rotatable bonds is 5. The van der Waals surface area contributed by atoms with Crippen molar-refractivity contribution in [2.75, 3.05) is 11.9 Å². The van der Waals surface area contributed by atoms with Gasteiger partial charge in [-0.3, -0.25) is 9.59 Å². The van der Waals surface area contributed by atoms with Crippen LogP contribution in [0.3, 0.4) is 0 Å². The minimum Gasteiger partial charge on any atom is -0.483 e. The maximum atomic E-state index is 13.4. The van der Waals surface area contributed by atoms with Crippen molar-refractivity contribution in [1.82, 2.24) is 0 Å². The van der Waals surface area contributed by atoms with Crippen molar-refractivity contribution in [2.24, 2.45) is 5.73 Å². The molecule has 2 rings (SSSR count). The summed E-state index contributed by atoms with van der Waals surface area (Å²) in [5.41, 5.74) is 4.71. The zero-order valence-corrected chi connectivity index (χ0v) is 11.3. The number of carbonyl (C=O) groups excluding carboxylic acids is 2. The zero-order valence-electron chi connectivity index (χ0n) is 11.3. The normalized spacial score (nSPS) is 10.1. The lowest BCUT2D eigenvalue weighted by molar-refractivity contribution is -0.118. The minimum absolute atomic E-state index is 0.104. The molecule has 0 heterocycles. The molecule has 0 saturated carbocycles. The standard InChI is InChI=1S/C15H12F2N2O3/c16-10-5-3-6-11(17)14(10)19-13(20)8-22-12-7-2-1-4-9(12)15(18)21/h1-7H,8H2,(H2,18,21)(H,19,20). The molecule has 0 bridgehead atoms. The van der Waals surface area contributed by atoms with Crippen molar-refractivity contribution in [3.05, 3.63) is 59.7 Å². The summed E-state index contributed by atoms with van der Waals surface area (Å²) in [5.74, 6) is -3.17. The van der Waals surface area contributed by atoms with Gasteiger partial charge in [-0.05, 0) is 24.3 Å². The molecule has 7 heteroatoms. The highest BCUT2D eigenvalue weighted by atomic mass is 19.1. The van der Waals surface area contributed by atoms with Crippen LogP contribution in [0.4, 0.5) is 14.5 Å². The van der Waals surface area contributed by atoms with E-state index < -0.39 is 35.7 Å². The van der Waals surface area contributed by atoms with E-state index in [1.165, 1.54) is 18.2 Å². The molecule has 0 aromatic heterocycles. The summed E-state index contributed by atoms with van der Waals surface area (Å²) in [6.07, 6.45) is 0. The lowest BCUT2D eigenvalue weighted by atomic mass is 10.2. The first-order chi connectivity index (χ1) is 10.5. The van der Waals surface area contributed by atoms with Gasteiger partial charge in [0.15, 0.2) is 6.61 Å². The SMILES string of the molecule is NC(=O)c1ccccc1OCC(=O)Nc1c(F)cccc1F.